The normalized spacial score (nSPS) is 16.1. The number of hydrogen-bond acceptors (Lipinski definition) is 6. The standard InChI is InChI=1S/C20H15FN2O5S2/c1-10(17(25)22-13-5-6-15(24)14(9-13)19(27)28)23-18(26)16(30-20(23)29)8-11-3-2-4-12(21)7-11/h2-10,24H,1H3,(H,22,25)(H,27,28). The lowest BCUT2D eigenvalue weighted by Gasteiger charge is -2.22. The molecule has 1 aliphatic rings. The predicted octanol–water partition coefficient (Wildman–Crippen LogP) is 3.46. The Morgan fingerprint density at radius 3 is 2.67 bits per heavy atom. The zero-order chi connectivity index (χ0) is 22.0. The van der Waals surface area contributed by atoms with Crippen LogP contribution in [-0.4, -0.2) is 43.3 Å². The molecule has 2 aromatic carbocycles. The van der Waals surface area contributed by atoms with Crippen LogP contribution in [0.15, 0.2) is 47.4 Å². The van der Waals surface area contributed by atoms with Crippen molar-refractivity contribution >= 4 is 57.8 Å². The predicted molar refractivity (Wildman–Crippen MR) is 115 cm³/mol. The molecule has 0 saturated carbocycles. The van der Waals surface area contributed by atoms with Gasteiger partial charge >= 0.3 is 5.97 Å². The lowest BCUT2D eigenvalue weighted by molar-refractivity contribution is -0.129. The van der Waals surface area contributed by atoms with Crippen molar-refractivity contribution in [2.24, 2.45) is 0 Å². The van der Waals surface area contributed by atoms with Crippen molar-refractivity contribution in [2.45, 2.75) is 13.0 Å². The lowest BCUT2D eigenvalue weighted by Crippen LogP contribution is -2.44. The second kappa shape index (κ2) is 8.64. The quantitative estimate of drug-likeness (QED) is 0.367. The number of carbonyl (C=O) groups excluding carboxylic acids is 2. The molecule has 10 heteroatoms. The van der Waals surface area contributed by atoms with E-state index >= 15 is 0 Å². The first-order chi connectivity index (χ1) is 14.2. The van der Waals surface area contributed by atoms with Gasteiger partial charge in [-0.1, -0.05) is 36.1 Å². The lowest BCUT2D eigenvalue weighted by atomic mass is 10.1. The number of amides is 2. The summed E-state index contributed by atoms with van der Waals surface area (Å²) < 4.78 is 13.5. The van der Waals surface area contributed by atoms with E-state index in [0.29, 0.717) is 5.56 Å². The minimum atomic E-state index is -1.35. The number of carbonyl (C=O) groups is 3. The highest BCUT2D eigenvalue weighted by Gasteiger charge is 2.38. The highest BCUT2D eigenvalue weighted by Crippen LogP contribution is 2.34. The number of halogens is 1. The van der Waals surface area contributed by atoms with Gasteiger partial charge < -0.3 is 15.5 Å². The van der Waals surface area contributed by atoms with Crippen LogP contribution in [0.1, 0.15) is 22.8 Å². The van der Waals surface area contributed by atoms with Crippen molar-refractivity contribution in [2.75, 3.05) is 5.32 Å². The first-order valence-electron chi connectivity index (χ1n) is 8.57. The number of thiocarbonyl (C=S) groups is 1. The summed E-state index contributed by atoms with van der Waals surface area (Å²) in [6.07, 6.45) is 1.49. The Morgan fingerprint density at radius 1 is 1.27 bits per heavy atom. The number of rotatable bonds is 5. The largest absolute Gasteiger partial charge is 0.507 e. The molecule has 2 aromatic rings. The average molecular weight is 446 g/mol. The number of aromatic hydroxyl groups is 1. The van der Waals surface area contributed by atoms with Crippen LogP contribution in [-0.2, 0) is 9.59 Å². The highest BCUT2D eigenvalue weighted by atomic mass is 32.2. The molecular weight excluding hydrogens is 431 g/mol. The van der Waals surface area contributed by atoms with Gasteiger partial charge in [0.25, 0.3) is 5.91 Å². The maximum absolute atomic E-state index is 13.4. The Morgan fingerprint density at radius 2 is 2.00 bits per heavy atom. The zero-order valence-electron chi connectivity index (χ0n) is 15.5. The van der Waals surface area contributed by atoms with Crippen LogP contribution >= 0.6 is 24.0 Å². The first-order valence-corrected chi connectivity index (χ1v) is 9.79. The fourth-order valence-electron chi connectivity index (χ4n) is 2.71. The molecule has 1 aliphatic heterocycles. The first kappa shape index (κ1) is 21.5. The van der Waals surface area contributed by atoms with Crippen LogP contribution in [0.3, 0.4) is 0 Å². The molecule has 0 aliphatic carbocycles. The number of thioether (sulfide) groups is 1. The van der Waals surface area contributed by atoms with Gasteiger partial charge in [-0.05, 0) is 48.9 Å². The topological polar surface area (TPSA) is 107 Å². The van der Waals surface area contributed by atoms with Gasteiger partial charge in [0.15, 0.2) is 0 Å². The second-order valence-corrected chi connectivity index (χ2v) is 7.98. The number of anilines is 1. The van der Waals surface area contributed by atoms with Crippen molar-refractivity contribution in [3.63, 3.8) is 0 Å². The van der Waals surface area contributed by atoms with E-state index in [2.05, 4.69) is 5.32 Å². The van der Waals surface area contributed by atoms with E-state index in [0.717, 1.165) is 28.8 Å². The van der Waals surface area contributed by atoms with Crippen LogP contribution in [0.25, 0.3) is 6.08 Å². The third kappa shape index (κ3) is 4.50. The molecule has 3 N–H and O–H groups in total. The van der Waals surface area contributed by atoms with E-state index in [1.54, 1.807) is 6.07 Å². The number of hydrogen-bond donors (Lipinski definition) is 3. The molecule has 7 nitrogen and oxygen atoms in total. The van der Waals surface area contributed by atoms with E-state index in [-0.39, 0.29) is 20.5 Å². The van der Waals surface area contributed by atoms with E-state index < -0.39 is 35.4 Å². The number of phenols is 1. The van der Waals surface area contributed by atoms with E-state index in [4.69, 9.17) is 17.3 Å². The molecule has 1 saturated heterocycles. The van der Waals surface area contributed by atoms with Gasteiger partial charge in [0.2, 0.25) is 5.91 Å². The molecule has 154 valence electrons. The van der Waals surface area contributed by atoms with Crippen LogP contribution in [0, 0.1) is 5.82 Å². The molecule has 1 atom stereocenters. The monoisotopic (exact) mass is 446 g/mol. The molecule has 2 amide bonds. The molecule has 0 aromatic heterocycles. The molecule has 3 rings (SSSR count). The van der Waals surface area contributed by atoms with Gasteiger partial charge in [-0.15, -0.1) is 0 Å². The average Bonchev–Trinajstić information content (AvgIpc) is 2.95. The van der Waals surface area contributed by atoms with E-state index in [1.807, 2.05) is 0 Å². The van der Waals surface area contributed by atoms with Crippen LogP contribution in [0.5, 0.6) is 5.75 Å². The summed E-state index contributed by atoms with van der Waals surface area (Å²) >= 11 is 6.23. The Labute approximate surface area is 180 Å². The number of nitrogens with one attached hydrogen (secondary N) is 1. The summed E-state index contributed by atoms with van der Waals surface area (Å²) in [6.45, 7) is 1.48. The number of aromatic carboxylic acids is 1. The molecule has 1 fully saturated rings. The third-order valence-corrected chi connectivity index (χ3v) is 5.56. The second-order valence-electron chi connectivity index (χ2n) is 6.31. The van der Waals surface area contributed by atoms with Crippen LogP contribution < -0.4 is 5.32 Å². The fraction of sp³-hybridized carbons (Fsp3) is 0.100. The van der Waals surface area contributed by atoms with Crippen LogP contribution in [0.2, 0.25) is 0 Å². The summed E-state index contributed by atoms with van der Waals surface area (Å²) in [5.74, 6) is -3.32. The fourth-order valence-corrected chi connectivity index (χ4v) is 4.13. The van der Waals surface area contributed by atoms with Crippen molar-refractivity contribution < 1.29 is 29.0 Å². The number of carboxylic acid groups (broad SMARTS) is 1. The molecule has 1 heterocycles. The van der Waals surface area contributed by atoms with Crippen molar-refractivity contribution in [1.29, 1.82) is 0 Å². The summed E-state index contributed by atoms with van der Waals surface area (Å²) in [6, 6.07) is 8.30. The summed E-state index contributed by atoms with van der Waals surface area (Å²) in [4.78, 5) is 37.9. The maximum atomic E-state index is 13.4. The van der Waals surface area contributed by atoms with Gasteiger partial charge in [0, 0.05) is 5.69 Å². The Kier molecular flexibility index (Phi) is 6.18. The van der Waals surface area contributed by atoms with E-state index in [9.17, 15) is 23.9 Å². The SMILES string of the molecule is CC(C(=O)Nc1ccc(O)c(C(=O)O)c1)N1C(=O)C(=Cc2cccc(F)c2)SC1=S. The zero-order valence-corrected chi connectivity index (χ0v) is 17.1. The summed E-state index contributed by atoms with van der Waals surface area (Å²) in [5.41, 5.74) is 0.254. The van der Waals surface area contributed by atoms with Crippen molar-refractivity contribution in [3.05, 3.63) is 64.3 Å². The molecule has 30 heavy (non-hydrogen) atoms. The van der Waals surface area contributed by atoms with Crippen molar-refractivity contribution in [3.8, 4) is 5.75 Å². The molecule has 0 spiro atoms. The van der Waals surface area contributed by atoms with Crippen molar-refractivity contribution in [1.82, 2.24) is 4.90 Å². The third-order valence-electron chi connectivity index (χ3n) is 4.23. The number of carboxylic acids is 1. The Balaban J connectivity index is 1.77. The van der Waals surface area contributed by atoms with Gasteiger partial charge in [-0.2, -0.15) is 0 Å². The number of nitrogens with zero attached hydrogens (tertiary/aromatic N) is 1. The summed E-state index contributed by atoms with van der Waals surface area (Å²) in [5, 5.41) is 21.1. The Hall–Kier alpha value is -3.24. The minimum absolute atomic E-state index is 0.141. The van der Waals surface area contributed by atoms with E-state index in [1.165, 1.54) is 37.3 Å². The Bertz CT molecular complexity index is 1100. The number of benzene rings is 2. The molecule has 0 radical (unpaired) electrons. The molecule has 1 unspecified atom stereocenters. The molecular formula is C20H15FN2O5S2. The van der Waals surface area contributed by atoms with Gasteiger partial charge in [0.1, 0.15) is 27.5 Å². The van der Waals surface area contributed by atoms with Gasteiger partial charge in [-0.3, -0.25) is 14.5 Å². The maximum Gasteiger partial charge on any atom is 0.339 e. The smallest absolute Gasteiger partial charge is 0.339 e. The van der Waals surface area contributed by atoms with Gasteiger partial charge in [0.05, 0.1) is 4.91 Å². The van der Waals surface area contributed by atoms with Crippen LogP contribution in [0.4, 0.5) is 10.1 Å². The summed E-state index contributed by atoms with van der Waals surface area (Å²) in [7, 11) is 0. The van der Waals surface area contributed by atoms with Gasteiger partial charge in [-0.25, -0.2) is 9.18 Å². The minimum Gasteiger partial charge on any atom is -0.507 e. The molecule has 0 bridgehead atoms. The highest BCUT2D eigenvalue weighted by molar-refractivity contribution is 8.26.